The van der Waals surface area contributed by atoms with Crippen LogP contribution in [0.4, 0.5) is 34.1 Å². The van der Waals surface area contributed by atoms with Crippen molar-refractivity contribution >= 4 is 77.6 Å². The van der Waals surface area contributed by atoms with Crippen LogP contribution in [0.2, 0.25) is 0 Å². The van der Waals surface area contributed by atoms with E-state index in [1.807, 2.05) is 0 Å². The van der Waals surface area contributed by atoms with Crippen molar-refractivity contribution in [3.63, 3.8) is 0 Å². The Bertz CT molecular complexity index is 3890. The van der Waals surface area contributed by atoms with Gasteiger partial charge in [0.15, 0.2) is 0 Å². The molecule has 0 atom stereocenters. The quantitative estimate of drug-likeness (QED) is 0.136. The van der Waals surface area contributed by atoms with Crippen molar-refractivity contribution in [2.45, 2.75) is 13.8 Å². The molecular formula is C70H50N2O. The van der Waals surface area contributed by atoms with Crippen LogP contribution < -0.4 is 9.80 Å². The van der Waals surface area contributed by atoms with Crippen LogP contribution in [-0.2, 0) is 0 Å². The second-order valence-electron chi connectivity index (χ2n) is 19.0. The fraction of sp³-hybridized carbons (Fsp3) is 0.0286. The van der Waals surface area contributed by atoms with E-state index in [4.69, 9.17) is 4.42 Å². The van der Waals surface area contributed by atoms with Gasteiger partial charge in [0.05, 0.1) is 22.7 Å². The molecule has 13 rings (SSSR count). The van der Waals surface area contributed by atoms with Crippen LogP contribution in [-0.4, -0.2) is 0 Å². The number of furan rings is 1. The molecule has 0 unspecified atom stereocenters. The zero-order valence-electron chi connectivity index (χ0n) is 40.7. The summed E-state index contributed by atoms with van der Waals surface area (Å²) in [5.41, 5.74) is 20.1. The molecule has 0 saturated carbocycles. The van der Waals surface area contributed by atoms with Crippen molar-refractivity contribution in [3.8, 4) is 44.5 Å². The van der Waals surface area contributed by atoms with Crippen molar-refractivity contribution in [3.05, 3.63) is 278 Å². The largest absolute Gasteiger partial charge is 0.456 e. The molecule has 0 fully saturated rings. The maximum absolute atomic E-state index is 6.93. The summed E-state index contributed by atoms with van der Waals surface area (Å²) >= 11 is 0. The molecule has 12 aromatic carbocycles. The molecule has 3 nitrogen and oxygen atoms in total. The van der Waals surface area contributed by atoms with E-state index in [-0.39, 0.29) is 0 Å². The predicted molar refractivity (Wildman–Crippen MR) is 309 cm³/mol. The average molecular weight is 935 g/mol. The SMILES string of the molecule is Cc1cccc(-c2ccccc2)c1N(c1ccc2cc3c(cc2c1)oc1cc2cc(N(c4ccccc4-c4ccccc4)c4c(C)cccc4-c4ccccc4)ccc2cc13)c1ccccc1-c1ccccc1. The molecule has 1 heterocycles. The summed E-state index contributed by atoms with van der Waals surface area (Å²) in [5, 5.41) is 6.71. The fourth-order valence-electron chi connectivity index (χ4n) is 11.0. The van der Waals surface area contributed by atoms with Gasteiger partial charge in [-0.05, 0) is 129 Å². The Kier molecular flexibility index (Phi) is 11.0. The van der Waals surface area contributed by atoms with Gasteiger partial charge in [-0.15, -0.1) is 0 Å². The van der Waals surface area contributed by atoms with Crippen molar-refractivity contribution in [2.24, 2.45) is 0 Å². The second-order valence-corrected chi connectivity index (χ2v) is 19.0. The van der Waals surface area contributed by atoms with E-state index in [2.05, 4.69) is 291 Å². The van der Waals surface area contributed by atoms with Crippen LogP contribution in [0.3, 0.4) is 0 Å². The molecule has 0 N–H and O–H groups in total. The van der Waals surface area contributed by atoms with E-state index in [0.29, 0.717) is 0 Å². The third-order valence-electron chi connectivity index (χ3n) is 14.4. The van der Waals surface area contributed by atoms with Crippen LogP contribution in [0, 0.1) is 13.8 Å². The first-order valence-corrected chi connectivity index (χ1v) is 25.1. The maximum Gasteiger partial charge on any atom is 0.136 e. The molecule has 73 heavy (non-hydrogen) atoms. The molecule has 0 saturated heterocycles. The molecule has 0 aliphatic heterocycles. The molecule has 0 spiro atoms. The van der Waals surface area contributed by atoms with E-state index in [0.717, 1.165) is 88.7 Å². The predicted octanol–water partition coefficient (Wildman–Crippen LogP) is 20.1. The van der Waals surface area contributed by atoms with Crippen LogP contribution in [0.5, 0.6) is 0 Å². The van der Waals surface area contributed by atoms with Crippen LogP contribution in [0.15, 0.2) is 271 Å². The Morgan fingerprint density at radius 2 is 0.616 bits per heavy atom. The normalized spacial score (nSPS) is 11.4. The monoisotopic (exact) mass is 934 g/mol. The zero-order chi connectivity index (χ0) is 48.8. The number of hydrogen-bond donors (Lipinski definition) is 0. The summed E-state index contributed by atoms with van der Waals surface area (Å²) in [5.74, 6) is 0. The Morgan fingerprint density at radius 3 is 1.01 bits per heavy atom. The topological polar surface area (TPSA) is 19.6 Å². The molecule has 0 bridgehead atoms. The van der Waals surface area contributed by atoms with Gasteiger partial charge in [0.25, 0.3) is 0 Å². The summed E-state index contributed by atoms with van der Waals surface area (Å²) in [6, 6.07) is 96.4. The molecular weight excluding hydrogens is 885 g/mol. The third-order valence-corrected chi connectivity index (χ3v) is 14.4. The molecule has 346 valence electrons. The van der Waals surface area contributed by atoms with Crippen molar-refractivity contribution in [1.29, 1.82) is 0 Å². The summed E-state index contributed by atoms with van der Waals surface area (Å²) in [7, 11) is 0. The molecule has 13 aromatic rings. The number of aryl methyl sites for hydroxylation is 2. The highest BCUT2D eigenvalue weighted by atomic mass is 16.3. The van der Waals surface area contributed by atoms with Gasteiger partial charge in [0.2, 0.25) is 0 Å². The Hall–Kier alpha value is -9.44. The first kappa shape index (κ1) is 43.6. The smallest absolute Gasteiger partial charge is 0.136 e. The summed E-state index contributed by atoms with van der Waals surface area (Å²) in [6.45, 7) is 4.44. The van der Waals surface area contributed by atoms with Gasteiger partial charge >= 0.3 is 0 Å². The van der Waals surface area contributed by atoms with Crippen LogP contribution in [0.1, 0.15) is 11.1 Å². The number of hydrogen-bond acceptors (Lipinski definition) is 3. The number of benzene rings is 12. The minimum Gasteiger partial charge on any atom is -0.456 e. The van der Waals surface area contributed by atoms with Crippen LogP contribution in [0.25, 0.3) is 88.0 Å². The average Bonchev–Trinajstić information content (AvgIpc) is 3.79. The lowest BCUT2D eigenvalue weighted by atomic mass is 9.96. The third kappa shape index (κ3) is 7.89. The fourth-order valence-corrected chi connectivity index (χ4v) is 11.0. The van der Waals surface area contributed by atoms with Crippen molar-refractivity contribution < 1.29 is 4.42 Å². The van der Waals surface area contributed by atoms with Crippen molar-refractivity contribution in [2.75, 3.05) is 9.80 Å². The number of nitrogens with zero attached hydrogens (tertiary/aromatic N) is 2. The molecule has 0 radical (unpaired) electrons. The van der Waals surface area contributed by atoms with Gasteiger partial charge in [-0.1, -0.05) is 206 Å². The highest BCUT2D eigenvalue weighted by Crippen LogP contribution is 2.49. The van der Waals surface area contributed by atoms with Gasteiger partial charge in [-0.25, -0.2) is 0 Å². The van der Waals surface area contributed by atoms with Crippen LogP contribution >= 0.6 is 0 Å². The number of fused-ring (bicyclic) bond motifs is 5. The Balaban J connectivity index is 0.968. The van der Waals surface area contributed by atoms with Gasteiger partial charge in [0, 0.05) is 44.4 Å². The lowest BCUT2D eigenvalue weighted by molar-refractivity contribution is 0.670. The minimum absolute atomic E-state index is 0.859. The number of anilines is 6. The van der Waals surface area contributed by atoms with Crippen molar-refractivity contribution in [1.82, 2.24) is 0 Å². The Morgan fingerprint density at radius 1 is 0.274 bits per heavy atom. The standard InChI is InChI=1S/C70H50N2O/c1-47-21-19-33-61(51-27-11-5-12-28-51)69(47)71(65-35-17-15-31-59(65)49-23-7-3-8-24-49)57-39-37-53-43-63-64-44-54-38-40-58(42-56(54)46-68(64)73-67(63)45-55(53)41-57)72(66-36-18-16-32-60(66)50-25-9-4-10-26-50)70-48(2)22-20-34-62(70)52-29-13-6-14-30-52/h3-46H,1-2H3. The van der Waals surface area contributed by atoms with E-state index < -0.39 is 0 Å². The molecule has 3 heteroatoms. The second kappa shape index (κ2) is 18.4. The van der Waals surface area contributed by atoms with Gasteiger partial charge in [0.1, 0.15) is 11.2 Å². The number of para-hydroxylation sites is 4. The van der Waals surface area contributed by atoms with E-state index in [1.165, 1.54) is 44.5 Å². The summed E-state index contributed by atoms with van der Waals surface area (Å²) in [4.78, 5) is 4.90. The van der Waals surface area contributed by atoms with Gasteiger partial charge in [-0.2, -0.15) is 0 Å². The zero-order valence-corrected chi connectivity index (χ0v) is 40.7. The highest BCUT2D eigenvalue weighted by Gasteiger charge is 2.25. The molecule has 0 aliphatic rings. The van der Waals surface area contributed by atoms with Gasteiger partial charge in [-0.3, -0.25) is 0 Å². The summed E-state index contributed by atoms with van der Waals surface area (Å²) < 4.78 is 6.93. The molecule has 0 amide bonds. The number of rotatable bonds is 10. The summed E-state index contributed by atoms with van der Waals surface area (Å²) in [6.07, 6.45) is 0. The first-order chi connectivity index (χ1) is 36.0. The first-order valence-electron chi connectivity index (χ1n) is 25.1. The minimum atomic E-state index is 0.859. The van der Waals surface area contributed by atoms with E-state index in [1.54, 1.807) is 0 Å². The van der Waals surface area contributed by atoms with E-state index in [9.17, 15) is 0 Å². The lowest BCUT2D eigenvalue weighted by Crippen LogP contribution is -2.14. The lowest BCUT2D eigenvalue weighted by Gasteiger charge is -2.31. The van der Waals surface area contributed by atoms with Gasteiger partial charge < -0.3 is 14.2 Å². The molecule has 1 aromatic heterocycles. The Labute approximate surface area is 426 Å². The van der Waals surface area contributed by atoms with E-state index >= 15 is 0 Å². The maximum atomic E-state index is 6.93. The highest BCUT2D eigenvalue weighted by molar-refractivity contribution is 6.14. The molecule has 0 aliphatic carbocycles.